The molecule has 0 bridgehead atoms. The van der Waals surface area contributed by atoms with E-state index in [1.165, 1.54) is 29.2 Å². The van der Waals surface area contributed by atoms with Gasteiger partial charge >= 0.3 is 6.18 Å². The Morgan fingerprint density at radius 3 is 2.19 bits per heavy atom. The average molecular weight is 485 g/mol. The van der Waals surface area contributed by atoms with Crippen LogP contribution in [0.4, 0.5) is 24.5 Å². The second kappa shape index (κ2) is 7.35. The maximum Gasteiger partial charge on any atom is 0.416 e. The first-order chi connectivity index (χ1) is 14.9. The van der Waals surface area contributed by atoms with Crippen LogP contribution in [0.1, 0.15) is 26.3 Å². The molecule has 1 N–H and O–H groups in total. The van der Waals surface area contributed by atoms with E-state index in [1.807, 2.05) is 0 Å². The van der Waals surface area contributed by atoms with Crippen LogP contribution >= 0.6 is 11.6 Å². The van der Waals surface area contributed by atoms with Crippen molar-refractivity contribution in [2.75, 3.05) is 9.62 Å². The van der Waals surface area contributed by atoms with Crippen LogP contribution in [-0.2, 0) is 23.2 Å². The van der Waals surface area contributed by atoms with Gasteiger partial charge in [-0.05, 0) is 36.4 Å². The standard InChI is InChI=1S/C19H12ClF3N4O4S/c1-26-9-11(8-24-26)27-17(28)15-13(20)6-7-14(16(15)18(27)29)25-32(30,31)12-4-2-10(3-5-12)19(21,22)23/h2-9,25H,1H3. The average Bonchev–Trinajstić information content (AvgIpc) is 3.24. The summed E-state index contributed by atoms with van der Waals surface area (Å²) in [5, 5.41) is 3.84. The van der Waals surface area contributed by atoms with Gasteiger partial charge in [0.15, 0.2) is 0 Å². The lowest BCUT2D eigenvalue weighted by Gasteiger charge is -2.13. The Bertz CT molecular complexity index is 1370. The fourth-order valence-corrected chi connectivity index (χ4v) is 4.50. The van der Waals surface area contributed by atoms with Crippen molar-refractivity contribution in [3.63, 3.8) is 0 Å². The minimum absolute atomic E-state index is 0.0674. The number of nitrogens with one attached hydrogen (secondary N) is 1. The van der Waals surface area contributed by atoms with E-state index in [1.54, 1.807) is 7.05 Å². The SMILES string of the molecule is Cn1cc(N2C(=O)c3c(Cl)ccc(NS(=O)(=O)c4ccc(C(F)(F)F)cc4)c3C2=O)cn1. The molecule has 1 aromatic heterocycles. The third kappa shape index (κ3) is 3.60. The van der Waals surface area contributed by atoms with E-state index in [9.17, 15) is 31.2 Å². The number of aromatic nitrogens is 2. The number of nitrogens with zero attached hydrogens (tertiary/aromatic N) is 3. The minimum Gasteiger partial charge on any atom is -0.279 e. The van der Waals surface area contributed by atoms with Crippen LogP contribution in [0.3, 0.4) is 0 Å². The molecule has 2 aromatic carbocycles. The van der Waals surface area contributed by atoms with E-state index >= 15 is 0 Å². The molecular formula is C19H12ClF3N4O4S. The Balaban J connectivity index is 1.73. The molecule has 0 spiro atoms. The topological polar surface area (TPSA) is 101 Å². The van der Waals surface area contributed by atoms with Crippen LogP contribution in [0.5, 0.6) is 0 Å². The lowest BCUT2D eigenvalue weighted by Crippen LogP contribution is -2.29. The van der Waals surface area contributed by atoms with Gasteiger partial charge in [-0.25, -0.2) is 13.3 Å². The third-order valence-corrected chi connectivity index (χ3v) is 6.37. The highest BCUT2D eigenvalue weighted by molar-refractivity contribution is 7.92. The highest BCUT2D eigenvalue weighted by Gasteiger charge is 2.41. The Kier molecular flexibility index (Phi) is 5.01. The minimum atomic E-state index is -4.63. The van der Waals surface area contributed by atoms with Gasteiger partial charge in [-0.1, -0.05) is 11.6 Å². The van der Waals surface area contributed by atoms with Gasteiger partial charge in [0.2, 0.25) is 0 Å². The molecule has 2 amide bonds. The van der Waals surface area contributed by atoms with Gasteiger partial charge in [-0.2, -0.15) is 18.3 Å². The van der Waals surface area contributed by atoms with E-state index < -0.39 is 38.5 Å². The number of benzene rings is 2. The first-order valence-corrected chi connectivity index (χ1v) is 10.7. The second-order valence-electron chi connectivity index (χ2n) is 6.79. The maximum atomic E-state index is 13.0. The van der Waals surface area contributed by atoms with Gasteiger partial charge in [0.1, 0.15) is 0 Å². The zero-order valence-electron chi connectivity index (χ0n) is 16.0. The Hall–Kier alpha value is -3.38. The number of anilines is 2. The van der Waals surface area contributed by atoms with Crippen LogP contribution in [0.25, 0.3) is 0 Å². The Morgan fingerprint density at radius 1 is 1.00 bits per heavy atom. The molecule has 3 aromatic rings. The van der Waals surface area contributed by atoms with Crippen molar-refractivity contribution in [2.45, 2.75) is 11.1 Å². The first-order valence-electron chi connectivity index (χ1n) is 8.80. The number of amides is 2. The van der Waals surface area contributed by atoms with Gasteiger partial charge in [-0.3, -0.25) is 19.0 Å². The van der Waals surface area contributed by atoms with E-state index in [-0.39, 0.29) is 27.5 Å². The number of alkyl halides is 3. The number of aryl methyl sites for hydroxylation is 1. The number of fused-ring (bicyclic) bond motifs is 1. The fourth-order valence-electron chi connectivity index (χ4n) is 3.19. The molecule has 1 aliphatic rings. The van der Waals surface area contributed by atoms with Crippen LogP contribution in [0, 0.1) is 0 Å². The predicted octanol–water partition coefficient (Wildman–Crippen LogP) is 3.69. The number of sulfonamides is 1. The lowest BCUT2D eigenvalue weighted by atomic mass is 10.1. The van der Waals surface area contributed by atoms with E-state index in [0.29, 0.717) is 12.1 Å². The van der Waals surface area contributed by atoms with Gasteiger partial charge in [0, 0.05) is 13.2 Å². The van der Waals surface area contributed by atoms with Gasteiger partial charge in [0.05, 0.1) is 44.2 Å². The van der Waals surface area contributed by atoms with Crippen LogP contribution in [0.15, 0.2) is 53.7 Å². The molecule has 13 heteroatoms. The van der Waals surface area contributed by atoms with Crippen molar-refractivity contribution in [1.29, 1.82) is 0 Å². The quantitative estimate of drug-likeness (QED) is 0.569. The molecule has 4 rings (SSSR count). The molecule has 2 heterocycles. The zero-order chi connectivity index (χ0) is 23.4. The van der Waals surface area contributed by atoms with Crippen LogP contribution < -0.4 is 9.62 Å². The molecule has 1 aliphatic heterocycles. The van der Waals surface area contributed by atoms with Gasteiger partial charge in [0.25, 0.3) is 21.8 Å². The monoisotopic (exact) mass is 484 g/mol. The summed E-state index contributed by atoms with van der Waals surface area (Å²) in [5.41, 5.74) is -1.58. The highest BCUT2D eigenvalue weighted by atomic mass is 35.5. The van der Waals surface area contributed by atoms with Crippen LogP contribution in [0.2, 0.25) is 5.02 Å². The summed E-state index contributed by atoms with van der Waals surface area (Å²) in [4.78, 5) is 26.2. The number of hydrogen-bond donors (Lipinski definition) is 1. The summed E-state index contributed by atoms with van der Waals surface area (Å²) in [6.45, 7) is 0. The van der Waals surface area contributed by atoms with E-state index in [4.69, 9.17) is 11.6 Å². The summed E-state index contributed by atoms with van der Waals surface area (Å²) in [7, 11) is -2.81. The third-order valence-electron chi connectivity index (χ3n) is 4.67. The lowest BCUT2D eigenvalue weighted by molar-refractivity contribution is -0.137. The Labute approximate surface area is 184 Å². The van der Waals surface area contributed by atoms with Crippen molar-refractivity contribution in [2.24, 2.45) is 7.05 Å². The summed E-state index contributed by atoms with van der Waals surface area (Å²) in [5.74, 6) is -1.59. The van der Waals surface area contributed by atoms with Crippen LogP contribution in [-0.4, -0.2) is 30.0 Å². The predicted molar refractivity (Wildman–Crippen MR) is 108 cm³/mol. The summed E-state index contributed by atoms with van der Waals surface area (Å²) >= 11 is 6.10. The smallest absolute Gasteiger partial charge is 0.279 e. The molecule has 0 unspecified atom stereocenters. The van der Waals surface area contributed by atoms with Gasteiger partial charge in [-0.15, -0.1) is 0 Å². The number of carbonyl (C=O) groups is 2. The summed E-state index contributed by atoms with van der Waals surface area (Å²) in [6.07, 6.45) is -1.93. The molecule has 0 radical (unpaired) electrons. The van der Waals surface area contributed by atoms with Crippen molar-refractivity contribution in [3.05, 3.63) is 70.5 Å². The van der Waals surface area contributed by atoms with E-state index in [0.717, 1.165) is 17.0 Å². The number of hydrogen-bond acceptors (Lipinski definition) is 5. The Morgan fingerprint density at radius 2 is 1.62 bits per heavy atom. The van der Waals surface area contributed by atoms with E-state index in [2.05, 4.69) is 9.82 Å². The van der Waals surface area contributed by atoms with Crippen molar-refractivity contribution in [3.8, 4) is 0 Å². The number of rotatable bonds is 4. The number of imide groups is 1. The molecule has 0 atom stereocenters. The molecule has 0 saturated heterocycles. The fraction of sp³-hybridized carbons (Fsp3) is 0.105. The van der Waals surface area contributed by atoms with Gasteiger partial charge < -0.3 is 0 Å². The second-order valence-corrected chi connectivity index (χ2v) is 8.88. The highest BCUT2D eigenvalue weighted by Crippen LogP contribution is 2.38. The molecule has 32 heavy (non-hydrogen) atoms. The molecule has 0 aliphatic carbocycles. The zero-order valence-corrected chi connectivity index (χ0v) is 17.6. The normalized spacial score (nSPS) is 14.1. The molecular weight excluding hydrogens is 473 g/mol. The first kappa shape index (κ1) is 21.8. The molecule has 0 fully saturated rings. The summed E-state index contributed by atoms with van der Waals surface area (Å²) in [6, 6.07) is 5.26. The maximum absolute atomic E-state index is 13.0. The number of halogens is 4. The largest absolute Gasteiger partial charge is 0.416 e. The molecule has 166 valence electrons. The van der Waals surface area contributed by atoms with Crippen molar-refractivity contribution in [1.82, 2.24) is 9.78 Å². The number of carbonyl (C=O) groups excluding carboxylic acids is 2. The van der Waals surface area contributed by atoms with Crippen molar-refractivity contribution >= 4 is 44.8 Å². The molecule has 0 saturated carbocycles. The molecule has 8 nitrogen and oxygen atoms in total. The summed E-state index contributed by atoms with van der Waals surface area (Å²) < 4.78 is 67.3. The van der Waals surface area contributed by atoms with Crippen molar-refractivity contribution < 1.29 is 31.2 Å².